The predicted molar refractivity (Wildman–Crippen MR) is 182 cm³/mol. The molecule has 0 amide bonds. The van der Waals surface area contributed by atoms with Crippen molar-refractivity contribution in [2.45, 2.75) is 131 Å². The molecule has 4 saturated carbocycles. The van der Waals surface area contributed by atoms with Gasteiger partial charge in [-0.15, -0.1) is 0 Å². The number of fused-ring (bicyclic) bond motifs is 5. The highest BCUT2D eigenvalue weighted by atomic mass is 32.1. The molecule has 0 saturated heterocycles. The Kier molecular flexibility index (Phi) is 11.4. The highest BCUT2D eigenvalue weighted by molar-refractivity contribution is 7.81. The summed E-state index contributed by atoms with van der Waals surface area (Å²) >= 11 is 4.74. The Morgan fingerprint density at radius 3 is 2.38 bits per heavy atom. The predicted octanol–water partition coefficient (Wildman–Crippen LogP) is 11.1. The van der Waals surface area contributed by atoms with E-state index in [1.807, 2.05) is 13.8 Å². The lowest BCUT2D eigenvalue weighted by Gasteiger charge is -2.56. The van der Waals surface area contributed by atoms with Gasteiger partial charge in [0.1, 0.15) is 0 Å². The van der Waals surface area contributed by atoms with Crippen molar-refractivity contribution in [2.75, 3.05) is 13.6 Å². The number of nitrogens with zero attached hydrogens (tertiary/aromatic N) is 1. The van der Waals surface area contributed by atoms with Crippen LogP contribution in [0.4, 0.5) is 0 Å². The molecule has 4 aliphatic carbocycles. The lowest BCUT2D eigenvalue weighted by atomic mass is 9.49. The Morgan fingerprint density at radius 1 is 1.02 bits per heavy atom. The zero-order valence-corrected chi connectivity index (χ0v) is 27.8. The normalized spacial score (nSPS) is 34.8. The van der Waals surface area contributed by atoms with E-state index in [-0.39, 0.29) is 12.2 Å². The first-order valence-corrected chi connectivity index (χ1v) is 17.2. The van der Waals surface area contributed by atoms with E-state index < -0.39 is 0 Å². The Labute approximate surface area is 255 Å². The maximum Gasteiger partial charge on any atom is 0.0366 e. The average Bonchev–Trinajstić information content (AvgIpc) is 3.24. The van der Waals surface area contributed by atoms with Crippen LogP contribution in [-0.2, 0) is 6.42 Å². The van der Waals surface area contributed by atoms with Gasteiger partial charge in [0.25, 0.3) is 0 Å². The molecule has 0 aromatic heterocycles. The van der Waals surface area contributed by atoms with Crippen molar-refractivity contribution in [1.82, 2.24) is 4.90 Å². The van der Waals surface area contributed by atoms with Crippen molar-refractivity contribution >= 4 is 18.3 Å². The van der Waals surface area contributed by atoms with E-state index in [0.717, 1.165) is 54.4 Å². The molecule has 4 aliphatic rings. The van der Waals surface area contributed by atoms with Gasteiger partial charge in [-0.05, 0) is 123 Å². The van der Waals surface area contributed by atoms with Crippen molar-refractivity contribution in [2.24, 2.45) is 46.8 Å². The molecular weight excluding hydrogens is 502 g/mol. The third kappa shape index (κ3) is 6.84. The molecule has 1 nitrogen and oxygen atoms in total. The zero-order chi connectivity index (χ0) is 28.5. The maximum absolute atomic E-state index is 4.74. The molecule has 0 spiro atoms. The SMILES string of the molecule is C.C=C(c1ccc(CC(C)(C)S)cc1C)N(C)CC1CCC2C3CCC4CC(CC)CCC4C3CCC12C.CC. The monoisotopic (exact) mass is 567 g/mol. The second-order valence-corrected chi connectivity index (χ2v) is 16.0. The van der Waals surface area contributed by atoms with Crippen LogP contribution in [0.2, 0.25) is 0 Å². The lowest BCUT2D eigenvalue weighted by Crippen LogP contribution is -2.49. The average molecular weight is 568 g/mol. The van der Waals surface area contributed by atoms with Crippen LogP contribution in [0.5, 0.6) is 0 Å². The Bertz CT molecular complexity index is 974. The standard InChI is InChI=1S/C35H55NS.C2H6.CH4/c1-8-25-9-14-30-27(20-25)11-15-32-31(30)17-18-35(6)28(12-16-33(32)35)22-36(7)24(3)29-13-10-26(19-23(29)2)21-34(4,5)37;1-2;/h10,13,19,25,27-28,30-33,37H,3,8-9,11-12,14-18,20-22H2,1-2,4-7H3;1-2H3;1H4. The summed E-state index contributed by atoms with van der Waals surface area (Å²) in [4.78, 5) is 2.50. The van der Waals surface area contributed by atoms with Gasteiger partial charge in [-0.1, -0.05) is 86.6 Å². The number of benzene rings is 1. The van der Waals surface area contributed by atoms with Crippen LogP contribution < -0.4 is 0 Å². The van der Waals surface area contributed by atoms with E-state index >= 15 is 0 Å². The van der Waals surface area contributed by atoms with Gasteiger partial charge in [0, 0.05) is 29.6 Å². The fraction of sp³-hybridized carbons (Fsp3) is 0.789. The van der Waals surface area contributed by atoms with E-state index in [9.17, 15) is 0 Å². The van der Waals surface area contributed by atoms with Crippen LogP contribution in [0, 0.1) is 53.8 Å². The summed E-state index contributed by atoms with van der Waals surface area (Å²) in [6, 6.07) is 6.95. The highest BCUT2D eigenvalue weighted by Crippen LogP contribution is 2.64. The van der Waals surface area contributed by atoms with Crippen LogP contribution in [0.1, 0.15) is 130 Å². The van der Waals surface area contributed by atoms with Gasteiger partial charge in [-0.3, -0.25) is 0 Å². The highest BCUT2D eigenvalue weighted by Gasteiger charge is 2.56. The minimum Gasteiger partial charge on any atom is -0.374 e. The van der Waals surface area contributed by atoms with Crippen molar-refractivity contribution in [1.29, 1.82) is 0 Å². The van der Waals surface area contributed by atoms with E-state index in [2.05, 4.69) is 71.3 Å². The fourth-order valence-electron chi connectivity index (χ4n) is 10.0. The molecule has 1 aromatic rings. The van der Waals surface area contributed by atoms with Gasteiger partial charge in [-0.25, -0.2) is 0 Å². The second kappa shape index (κ2) is 13.6. The number of thiol groups is 1. The Morgan fingerprint density at radius 2 is 1.73 bits per heavy atom. The maximum atomic E-state index is 4.74. The van der Waals surface area contributed by atoms with Crippen LogP contribution in [0.25, 0.3) is 5.70 Å². The molecule has 8 unspecified atom stereocenters. The molecular formula is C38H65NS. The molecule has 4 fully saturated rings. The summed E-state index contributed by atoms with van der Waals surface area (Å²) in [6.07, 6.45) is 16.0. The van der Waals surface area contributed by atoms with Gasteiger partial charge < -0.3 is 4.90 Å². The fourth-order valence-corrected chi connectivity index (χ4v) is 10.2. The first-order valence-electron chi connectivity index (χ1n) is 16.7. The largest absolute Gasteiger partial charge is 0.374 e. The van der Waals surface area contributed by atoms with Gasteiger partial charge in [0.15, 0.2) is 0 Å². The summed E-state index contributed by atoms with van der Waals surface area (Å²) in [5.74, 6) is 6.98. The minimum absolute atomic E-state index is 0. The van der Waals surface area contributed by atoms with E-state index in [0.29, 0.717) is 5.41 Å². The molecule has 2 heteroatoms. The summed E-state index contributed by atoms with van der Waals surface area (Å²) in [7, 11) is 2.30. The summed E-state index contributed by atoms with van der Waals surface area (Å²) in [6.45, 7) is 21.5. The number of aryl methyl sites for hydroxylation is 1. The van der Waals surface area contributed by atoms with Crippen LogP contribution >= 0.6 is 12.6 Å². The lowest BCUT2D eigenvalue weighted by molar-refractivity contribution is -0.0694. The molecule has 0 N–H and O–H groups in total. The van der Waals surface area contributed by atoms with Crippen LogP contribution in [0.15, 0.2) is 24.8 Å². The van der Waals surface area contributed by atoms with Gasteiger partial charge in [-0.2, -0.15) is 12.6 Å². The Balaban J connectivity index is 0.00000144. The summed E-state index contributed by atoms with van der Waals surface area (Å²) < 4.78 is 0.0172. The van der Waals surface area contributed by atoms with E-state index in [1.54, 1.807) is 12.8 Å². The molecule has 0 aliphatic heterocycles. The van der Waals surface area contributed by atoms with Gasteiger partial charge in [0.05, 0.1) is 0 Å². The first-order chi connectivity index (χ1) is 18.5. The van der Waals surface area contributed by atoms with E-state index in [4.69, 9.17) is 12.6 Å². The van der Waals surface area contributed by atoms with Crippen molar-refractivity contribution in [3.05, 3.63) is 41.5 Å². The summed E-state index contributed by atoms with van der Waals surface area (Å²) in [5.41, 5.74) is 5.76. The van der Waals surface area contributed by atoms with Gasteiger partial charge in [0.2, 0.25) is 0 Å². The molecule has 0 heterocycles. The molecule has 1 aromatic carbocycles. The molecule has 5 rings (SSSR count). The van der Waals surface area contributed by atoms with Gasteiger partial charge >= 0.3 is 0 Å². The number of rotatable bonds is 7. The molecule has 228 valence electrons. The van der Waals surface area contributed by atoms with Crippen molar-refractivity contribution < 1.29 is 0 Å². The second-order valence-electron chi connectivity index (χ2n) is 14.8. The van der Waals surface area contributed by atoms with Crippen molar-refractivity contribution in [3.8, 4) is 0 Å². The molecule has 0 radical (unpaired) electrons. The molecule has 0 bridgehead atoms. The van der Waals surface area contributed by atoms with Crippen molar-refractivity contribution in [3.63, 3.8) is 0 Å². The van der Waals surface area contributed by atoms with E-state index in [1.165, 1.54) is 73.8 Å². The minimum atomic E-state index is 0. The Hall–Kier alpha value is -0.890. The molecule has 8 atom stereocenters. The van der Waals surface area contributed by atoms with Crippen LogP contribution in [-0.4, -0.2) is 23.2 Å². The number of hydrogen-bond acceptors (Lipinski definition) is 2. The smallest absolute Gasteiger partial charge is 0.0366 e. The van der Waals surface area contributed by atoms with Crippen LogP contribution in [0.3, 0.4) is 0 Å². The molecule has 40 heavy (non-hydrogen) atoms. The number of hydrogen-bond donors (Lipinski definition) is 1. The topological polar surface area (TPSA) is 3.24 Å². The summed E-state index contributed by atoms with van der Waals surface area (Å²) in [5, 5.41) is 0. The quantitative estimate of drug-likeness (QED) is 0.321. The third-order valence-corrected chi connectivity index (χ3v) is 12.2. The third-order valence-electron chi connectivity index (χ3n) is 12.0. The first kappa shape index (κ1) is 33.6. The zero-order valence-electron chi connectivity index (χ0n) is 26.9.